The Balaban J connectivity index is 2.45. The summed E-state index contributed by atoms with van der Waals surface area (Å²) < 4.78 is 1.63. The van der Waals surface area contributed by atoms with E-state index < -0.39 is 0 Å². The lowest BCUT2D eigenvalue weighted by molar-refractivity contribution is 0.326. The van der Waals surface area contributed by atoms with Gasteiger partial charge in [0.2, 0.25) is 0 Å². The van der Waals surface area contributed by atoms with Gasteiger partial charge in [-0.2, -0.15) is 0 Å². The predicted octanol–water partition coefficient (Wildman–Crippen LogP) is 1.01. The van der Waals surface area contributed by atoms with Gasteiger partial charge in [-0.25, -0.2) is 9.78 Å². The molecule has 15 heavy (non-hydrogen) atoms. The van der Waals surface area contributed by atoms with Gasteiger partial charge in [-0.15, -0.1) is 0 Å². The number of aromatic nitrogens is 2. The Bertz CT molecular complexity index is 357. The second-order valence-electron chi connectivity index (χ2n) is 4.57. The minimum absolute atomic E-state index is 0.159. The van der Waals surface area contributed by atoms with Crippen molar-refractivity contribution in [2.45, 2.75) is 33.2 Å². The standard InChI is InChI=1S/C11H19N3O/c1-11(2,9-12)5-3-7-14-8-4-6-13-10(14)15/h4,6,8H,3,5,7,9,12H2,1-2H3. The number of nitrogens with two attached hydrogens (primary N) is 1. The van der Waals surface area contributed by atoms with Crippen LogP contribution in [0.15, 0.2) is 23.3 Å². The maximum atomic E-state index is 11.3. The van der Waals surface area contributed by atoms with Gasteiger partial charge < -0.3 is 5.73 Å². The van der Waals surface area contributed by atoms with Crippen LogP contribution in [0.3, 0.4) is 0 Å². The van der Waals surface area contributed by atoms with Crippen molar-refractivity contribution in [3.8, 4) is 0 Å². The Hall–Kier alpha value is -1.16. The van der Waals surface area contributed by atoms with E-state index in [0.717, 1.165) is 19.4 Å². The highest BCUT2D eigenvalue weighted by molar-refractivity contribution is 4.81. The van der Waals surface area contributed by atoms with Crippen molar-refractivity contribution >= 4 is 0 Å². The number of rotatable bonds is 5. The lowest BCUT2D eigenvalue weighted by Gasteiger charge is -2.21. The quantitative estimate of drug-likeness (QED) is 0.787. The maximum Gasteiger partial charge on any atom is 0.347 e. The Morgan fingerprint density at radius 2 is 2.27 bits per heavy atom. The Labute approximate surface area is 90.1 Å². The molecule has 84 valence electrons. The first-order chi connectivity index (χ1) is 7.05. The highest BCUT2D eigenvalue weighted by Crippen LogP contribution is 2.20. The van der Waals surface area contributed by atoms with Gasteiger partial charge in [0.1, 0.15) is 0 Å². The van der Waals surface area contributed by atoms with Crippen LogP contribution in [0.2, 0.25) is 0 Å². The van der Waals surface area contributed by atoms with Crippen LogP contribution < -0.4 is 11.4 Å². The van der Waals surface area contributed by atoms with Gasteiger partial charge in [0.15, 0.2) is 0 Å². The average Bonchev–Trinajstić information content (AvgIpc) is 2.21. The topological polar surface area (TPSA) is 60.9 Å². The van der Waals surface area contributed by atoms with Gasteiger partial charge in [-0.1, -0.05) is 13.8 Å². The number of nitrogens with zero attached hydrogens (tertiary/aromatic N) is 2. The lowest BCUT2D eigenvalue weighted by atomic mass is 9.88. The van der Waals surface area contributed by atoms with E-state index in [0.29, 0.717) is 6.54 Å². The summed E-state index contributed by atoms with van der Waals surface area (Å²) in [7, 11) is 0. The third-order valence-electron chi connectivity index (χ3n) is 2.59. The van der Waals surface area contributed by atoms with E-state index >= 15 is 0 Å². The molecule has 1 rings (SSSR count). The molecule has 0 fully saturated rings. The molecule has 0 atom stereocenters. The van der Waals surface area contributed by atoms with E-state index in [4.69, 9.17) is 5.73 Å². The summed E-state index contributed by atoms with van der Waals surface area (Å²) in [5.74, 6) is 0. The number of hydrogen-bond acceptors (Lipinski definition) is 3. The van der Waals surface area contributed by atoms with Crippen molar-refractivity contribution in [1.82, 2.24) is 9.55 Å². The fraction of sp³-hybridized carbons (Fsp3) is 0.636. The van der Waals surface area contributed by atoms with Crippen LogP contribution in [-0.2, 0) is 6.54 Å². The Morgan fingerprint density at radius 3 is 2.87 bits per heavy atom. The molecule has 1 aromatic rings. The highest BCUT2D eigenvalue weighted by atomic mass is 16.1. The third-order valence-corrected chi connectivity index (χ3v) is 2.59. The molecule has 0 aliphatic carbocycles. The summed E-state index contributed by atoms with van der Waals surface area (Å²) in [5, 5.41) is 0. The molecule has 0 saturated heterocycles. The van der Waals surface area contributed by atoms with Crippen molar-refractivity contribution < 1.29 is 0 Å². The third kappa shape index (κ3) is 3.83. The Morgan fingerprint density at radius 1 is 1.53 bits per heavy atom. The molecule has 0 amide bonds. The molecule has 0 saturated carbocycles. The maximum absolute atomic E-state index is 11.3. The summed E-state index contributed by atoms with van der Waals surface area (Å²) in [4.78, 5) is 15.0. The summed E-state index contributed by atoms with van der Waals surface area (Å²) in [5.41, 5.74) is 5.62. The van der Waals surface area contributed by atoms with Crippen molar-refractivity contribution in [2.24, 2.45) is 11.1 Å². The molecule has 0 bridgehead atoms. The minimum Gasteiger partial charge on any atom is -0.330 e. The van der Waals surface area contributed by atoms with Gasteiger partial charge in [-0.3, -0.25) is 4.57 Å². The van der Waals surface area contributed by atoms with Crippen LogP contribution in [0.25, 0.3) is 0 Å². The summed E-state index contributed by atoms with van der Waals surface area (Å²) in [6.07, 6.45) is 5.26. The fourth-order valence-electron chi connectivity index (χ4n) is 1.39. The molecule has 1 aromatic heterocycles. The van der Waals surface area contributed by atoms with Gasteiger partial charge in [0, 0.05) is 18.9 Å². The average molecular weight is 209 g/mol. The molecule has 4 nitrogen and oxygen atoms in total. The van der Waals surface area contributed by atoms with Crippen LogP contribution in [0, 0.1) is 5.41 Å². The van der Waals surface area contributed by atoms with Gasteiger partial charge >= 0.3 is 5.69 Å². The molecule has 0 spiro atoms. The first kappa shape index (κ1) is 11.9. The molecular formula is C11H19N3O. The van der Waals surface area contributed by atoms with Crippen LogP contribution in [0.1, 0.15) is 26.7 Å². The van der Waals surface area contributed by atoms with E-state index in [1.54, 1.807) is 16.8 Å². The molecule has 0 aliphatic heterocycles. The predicted molar refractivity (Wildman–Crippen MR) is 60.6 cm³/mol. The van der Waals surface area contributed by atoms with E-state index in [1.807, 2.05) is 0 Å². The Kier molecular flexibility index (Phi) is 4.03. The van der Waals surface area contributed by atoms with Crippen LogP contribution in [0.5, 0.6) is 0 Å². The summed E-state index contributed by atoms with van der Waals surface area (Å²) in [6, 6.07) is 1.77. The largest absolute Gasteiger partial charge is 0.347 e. The molecule has 0 unspecified atom stereocenters. The monoisotopic (exact) mass is 209 g/mol. The smallest absolute Gasteiger partial charge is 0.330 e. The molecule has 0 aliphatic rings. The van der Waals surface area contributed by atoms with E-state index in [2.05, 4.69) is 18.8 Å². The van der Waals surface area contributed by atoms with E-state index in [1.165, 1.54) is 6.20 Å². The molecule has 2 N–H and O–H groups in total. The fourth-order valence-corrected chi connectivity index (χ4v) is 1.39. The van der Waals surface area contributed by atoms with Crippen molar-refractivity contribution in [3.63, 3.8) is 0 Å². The normalized spacial score (nSPS) is 11.7. The SMILES string of the molecule is CC(C)(CN)CCCn1cccnc1=O. The zero-order valence-electron chi connectivity index (χ0n) is 9.44. The van der Waals surface area contributed by atoms with Crippen LogP contribution in [-0.4, -0.2) is 16.1 Å². The first-order valence-corrected chi connectivity index (χ1v) is 5.27. The van der Waals surface area contributed by atoms with Gasteiger partial charge in [0.25, 0.3) is 0 Å². The van der Waals surface area contributed by atoms with Crippen molar-refractivity contribution in [1.29, 1.82) is 0 Å². The highest BCUT2D eigenvalue weighted by Gasteiger charge is 2.14. The zero-order valence-corrected chi connectivity index (χ0v) is 9.44. The summed E-state index contributed by atoms with van der Waals surface area (Å²) >= 11 is 0. The van der Waals surface area contributed by atoms with E-state index in [9.17, 15) is 4.79 Å². The van der Waals surface area contributed by atoms with Crippen LogP contribution in [0.4, 0.5) is 0 Å². The second kappa shape index (κ2) is 5.07. The molecule has 0 radical (unpaired) electrons. The van der Waals surface area contributed by atoms with Crippen molar-refractivity contribution in [2.75, 3.05) is 6.54 Å². The molecule has 1 heterocycles. The van der Waals surface area contributed by atoms with Crippen molar-refractivity contribution in [3.05, 3.63) is 28.9 Å². The number of hydrogen-bond donors (Lipinski definition) is 1. The molecule has 0 aromatic carbocycles. The zero-order chi connectivity index (χ0) is 11.3. The summed E-state index contributed by atoms with van der Waals surface area (Å²) in [6.45, 7) is 5.67. The number of aryl methyl sites for hydroxylation is 1. The minimum atomic E-state index is -0.178. The van der Waals surface area contributed by atoms with Crippen LogP contribution >= 0.6 is 0 Å². The van der Waals surface area contributed by atoms with Gasteiger partial charge in [0.05, 0.1) is 0 Å². The second-order valence-corrected chi connectivity index (χ2v) is 4.57. The first-order valence-electron chi connectivity index (χ1n) is 5.27. The van der Waals surface area contributed by atoms with E-state index in [-0.39, 0.29) is 11.1 Å². The van der Waals surface area contributed by atoms with Gasteiger partial charge in [-0.05, 0) is 30.9 Å². The lowest BCUT2D eigenvalue weighted by Crippen LogP contribution is -2.26. The molecule has 4 heteroatoms. The molecular weight excluding hydrogens is 190 g/mol.